The number of ether oxygens (including phenoxy) is 1. The first-order valence-corrected chi connectivity index (χ1v) is 5.82. The van der Waals surface area contributed by atoms with Crippen LogP contribution in [0, 0.1) is 0 Å². The molecule has 0 fully saturated rings. The first-order chi connectivity index (χ1) is 7.77. The van der Waals surface area contributed by atoms with Crippen molar-refractivity contribution in [1.29, 1.82) is 0 Å². The van der Waals surface area contributed by atoms with E-state index in [0.29, 0.717) is 6.61 Å². The summed E-state index contributed by atoms with van der Waals surface area (Å²) >= 11 is 0. The molecule has 1 rings (SSSR count). The van der Waals surface area contributed by atoms with E-state index in [2.05, 4.69) is 30.4 Å². The lowest BCUT2D eigenvalue weighted by Gasteiger charge is -2.06. The topological polar surface area (TPSA) is 21.3 Å². The molecule has 0 spiro atoms. The zero-order valence-corrected chi connectivity index (χ0v) is 10.4. The van der Waals surface area contributed by atoms with E-state index in [1.54, 1.807) is 0 Å². The Morgan fingerprint density at radius 3 is 2.94 bits per heavy atom. The molecule has 0 amide bonds. The van der Waals surface area contributed by atoms with Gasteiger partial charge in [-0.3, -0.25) is 0 Å². The molecule has 2 nitrogen and oxygen atoms in total. The zero-order chi connectivity index (χ0) is 11.8. The fraction of sp³-hybridized carbons (Fsp3) is 0.429. The van der Waals surface area contributed by atoms with Gasteiger partial charge < -0.3 is 10.1 Å². The van der Waals surface area contributed by atoms with Gasteiger partial charge in [0.05, 0.1) is 6.61 Å². The quantitative estimate of drug-likeness (QED) is 0.742. The Labute approximate surface area is 98.3 Å². The second-order valence-electron chi connectivity index (χ2n) is 3.74. The third-order valence-corrected chi connectivity index (χ3v) is 2.45. The van der Waals surface area contributed by atoms with E-state index in [4.69, 9.17) is 4.74 Å². The second-order valence-corrected chi connectivity index (χ2v) is 3.74. The van der Waals surface area contributed by atoms with Crippen LogP contribution in [0.4, 0.5) is 0 Å². The molecule has 1 aromatic rings. The molecular formula is C14H21NO. The van der Waals surface area contributed by atoms with Gasteiger partial charge >= 0.3 is 0 Å². The molecule has 0 radical (unpaired) electrons. The summed E-state index contributed by atoms with van der Waals surface area (Å²) in [5.74, 6) is 0.946. The smallest absolute Gasteiger partial charge is 0.119 e. The number of allylic oxidation sites excluding steroid dienone is 1. The summed E-state index contributed by atoms with van der Waals surface area (Å²) in [7, 11) is 1.97. The van der Waals surface area contributed by atoms with Crippen molar-refractivity contribution in [2.75, 3.05) is 20.2 Å². The SMILES string of the molecule is CCOc1cccc(C(C)=CCCNC)c1. The normalized spacial score (nSPS) is 11.6. The van der Waals surface area contributed by atoms with Crippen LogP contribution in [0.15, 0.2) is 30.3 Å². The largest absolute Gasteiger partial charge is 0.494 e. The van der Waals surface area contributed by atoms with Crippen molar-refractivity contribution in [1.82, 2.24) is 5.32 Å². The predicted octanol–water partition coefficient (Wildman–Crippen LogP) is 3.10. The Bertz CT molecular complexity index is 344. The van der Waals surface area contributed by atoms with Crippen molar-refractivity contribution in [2.45, 2.75) is 20.3 Å². The molecule has 1 N–H and O–H groups in total. The van der Waals surface area contributed by atoms with Crippen LogP contribution in [0.1, 0.15) is 25.8 Å². The van der Waals surface area contributed by atoms with E-state index in [9.17, 15) is 0 Å². The van der Waals surface area contributed by atoms with Crippen LogP contribution in [-0.4, -0.2) is 20.2 Å². The van der Waals surface area contributed by atoms with E-state index in [1.165, 1.54) is 11.1 Å². The van der Waals surface area contributed by atoms with Gasteiger partial charge in [-0.05, 0) is 57.1 Å². The molecule has 0 saturated carbocycles. The first-order valence-electron chi connectivity index (χ1n) is 5.82. The summed E-state index contributed by atoms with van der Waals surface area (Å²) in [5, 5.41) is 3.14. The summed E-state index contributed by atoms with van der Waals surface area (Å²) in [6.45, 7) is 5.87. The molecule has 88 valence electrons. The fourth-order valence-corrected chi connectivity index (χ4v) is 1.55. The van der Waals surface area contributed by atoms with Gasteiger partial charge in [-0.25, -0.2) is 0 Å². The number of hydrogen-bond donors (Lipinski definition) is 1. The standard InChI is InChI=1S/C14H21NO/c1-4-16-14-9-5-8-13(11-14)12(2)7-6-10-15-3/h5,7-9,11,15H,4,6,10H2,1-3H3. The Morgan fingerprint density at radius 1 is 1.44 bits per heavy atom. The molecular weight excluding hydrogens is 198 g/mol. The van der Waals surface area contributed by atoms with Crippen LogP contribution in [0.2, 0.25) is 0 Å². The maximum atomic E-state index is 5.48. The van der Waals surface area contributed by atoms with Crippen LogP contribution in [-0.2, 0) is 0 Å². The molecule has 1 aromatic carbocycles. The highest BCUT2D eigenvalue weighted by molar-refractivity contribution is 5.64. The Hall–Kier alpha value is -1.28. The monoisotopic (exact) mass is 219 g/mol. The van der Waals surface area contributed by atoms with Crippen LogP contribution in [0.5, 0.6) is 5.75 Å². The molecule has 0 aliphatic heterocycles. The third kappa shape index (κ3) is 4.07. The Morgan fingerprint density at radius 2 is 2.25 bits per heavy atom. The van der Waals surface area contributed by atoms with Crippen LogP contribution < -0.4 is 10.1 Å². The van der Waals surface area contributed by atoms with E-state index in [-0.39, 0.29) is 0 Å². The predicted molar refractivity (Wildman–Crippen MR) is 69.8 cm³/mol. The van der Waals surface area contributed by atoms with E-state index >= 15 is 0 Å². The summed E-state index contributed by atoms with van der Waals surface area (Å²) in [5.41, 5.74) is 2.54. The number of rotatable bonds is 6. The molecule has 16 heavy (non-hydrogen) atoms. The number of benzene rings is 1. The highest BCUT2D eigenvalue weighted by Gasteiger charge is 1.97. The van der Waals surface area contributed by atoms with Gasteiger partial charge in [-0.1, -0.05) is 18.2 Å². The summed E-state index contributed by atoms with van der Waals surface area (Å²) in [4.78, 5) is 0. The van der Waals surface area contributed by atoms with Crippen LogP contribution >= 0.6 is 0 Å². The van der Waals surface area contributed by atoms with Gasteiger partial charge in [-0.15, -0.1) is 0 Å². The minimum Gasteiger partial charge on any atom is -0.494 e. The highest BCUT2D eigenvalue weighted by atomic mass is 16.5. The van der Waals surface area contributed by atoms with Crippen LogP contribution in [0.3, 0.4) is 0 Å². The molecule has 0 unspecified atom stereocenters. The zero-order valence-electron chi connectivity index (χ0n) is 10.4. The number of nitrogens with one attached hydrogen (secondary N) is 1. The lowest BCUT2D eigenvalue weighted by molar-refractivity contribution is 0.340. The summed E-state index contributed by atoms with van der Waals surface area (Å²) in [6, 6.07) is 8.24. The molecule has 0 bridgehead atoms. The van der Waals surface area contributed by atoms with Crippen molar-refractivity contribution >= 4 is 5.57 Å². The Balaban J connectivity index is 2.70. The van der Waals surface area contributed by atoms with Gasteiger partial charge in [0.25, 0.3) is 0 Å². The molecule has 0 aliphatic rings. The molecule has 0 aliphatic carbocycles. The summed E-state index contributed by atoms with van der Waals surface area (Å²) < 4.78 is 5.48. The van der Waals surface area contributed by atoms with Crippen molar-refractivity contribution in [2.24, 2.45) is 0 Å². The molecule has 2 heteroatoms. The van der Waals surface area contributed by atoms with E-state index in [0.717, 1.165) is 18.7 Å². The van der Waals surface area contributed by atoms with Crippen molar-refractivity contribution in [3.8, 4) is 5.75 Å². The molecule has 0 saturated heterocycles. The Kier molecular flexibility index (Phi) is 5.65. The average molecular weight is 219 g/mol. The maximum Gasteiger partial charge on any atom is 0.119 e. The second kappa shape index (κ2) is 7.07. The fourth-order valence-electron chi connectivity index (χ4n) is 1.55. The number of hydrogen-bond acceptors (Lipinski definition) is 2. The average Bonchev–Trinajstić information content (AvgIpc) is 2.30. The lowest BCUT2D eigenvalue weighted by atomic mass is 10.1. The van der Waals surface area contributed by atoms with Crippen molar-refractivity contribution in [3.63, 3.8) is 0 Å². The molecule has 0 aromatic heterocycles. The van der Waals surface area contributed by atoms with Gasteiger partial charge in [0.2, 0.25) is 0 Å². The molecule has 0 heterocycles. The minimum atomic E-state index is 0.714. The van der Waals surface area contributed by atoms with Gasteiger partial charge in [-0.2, -0.15) is 0 Å². The highest BCUT2D eigenvalue weighted by Crippen LogP contribution is 2.20. The van der Waals surface area contributed by atoms with Gasteiger partial charge in [0, 0.05) is 0 Å². The van der Waals surface area contributed by atoms with Crippen LogP contribution in [0.25, 0.3) is 5.57 Å². The third-order valence-electron chi connectivity index (χ3n) is 2.45. The van der Waals surface area contributed by atoms with Gasteiger partial charge in [0.15, 0.2) is 0 Å². The van der Waals surface area contributed by atoms with Crippen molar-refractivity contribution in [3.05, 3.63) is 35.9 Å². The lowest BCUT2D eigenvalue weighted by Crippen LogP contribution is -2.05. The van der Waals surface area contributed by atoms with Gasteiger partial charge in [0.1, 0.15) is 5.75 Å². The van der Waals surface area contributed by atoms with Crippen molar-refractivity contribution < 1.29 is 4.74 Å². The van der Waals surface area contributed by atoms with E-state index < -0.39 is 0 Å². The minimum absolute atomic E-state index is 0.714. The summed E-state index contributed by atoms with van der Waals surface area (Å²) in [6.07, 6.45) is 3.31. The maximum absolute atomic E-state index is 5.48. The first kappa shape index (κ1) is 12.8. The molecule has 0 atom stereocenters. The van der Waals surface area contributed by atoms with E-state index in [1.807, 2.05) is 26.1 Å².